The van der Waals surface area contributed by atoms with Crippen LogP contribution in [0.3, 0.4) is 0 Å². The van der Waals surface area contributed by atoms with Crippen LogP contribution >= 0.6 is 22.6 Å². The van der Waals surface area contributed by atoms with Gasteiger partial charge in [-0.2, -0.15) is 4.39 Å². The van der Waals surface area contributed by atoms with Crippen molar-refractivity contribution in [3.63, 3.8) is 0 Å². The molecule has 21 heavy (non-hydrogen) atoms. The molecular weight excluding hydrogens is 390 g/mol. The molecule has 0 aliphatic heterocycles. The Labute approximate surface area is 134 Å². The first kappa shape index (κ1) is 15.6. The van der Waals surface area contributed by atoms with Gasteiger partial charge in [-0.15, -0.1) is 0 Å². The van der Waals surface area contributed by atoms with Gasteiger partial charge in [0.15, 0.2) is 5.75 Å². The van der Waals surface area contributed by atoms with Crippen LogP contribution in [0.15, 0.2) is 18.3 Å². The van der Waals surface area contributed by atoms with E-state index < -0.39 is 11.9 Å². The second-order valence-electron chi connectivity index (χ2n) is 4.22. The second-order valence-corrected chi connectivity index (χ2v) is 5.38. The van der Waals surface area contributed by atoms with E-state index in [0.29, 0.717) is 17.0 Å². The van der Waals surface area contributed by atoms with Crippen LogP contribution in [0, 0.1) is 23.4 Å². The number of rotatable bonds is 3. The fourth-order valence-electron chi connectivity index (χ4n) is 1.71. The number of ether oxygens (including phenoxy) is 2. The van der Waals surface area contributed by atoms with Crippen molar-refractivity contribution < 1.29 is 18.7 Å². The molecule has 2 rings (SSSR count). The van der Waals surface area contributed by atoms with Gasteiger partial charge in [0.2, 0.25) is 11.8 Å². The van der Waals surface area contributed by atoms with Crippen molar-refractivity contribution in [1.82, 2.24) is 9.97 Å². The van der Waals surface area contributed by atoms with Gasteiger partial charge in [0, 0.05) is 9.77 Å². The molecule has 0 N–H and O–H groups in total. The lowest BCUT2D eigenvalue weighted by atomic mass is 10.1. The van der Waals surface area contributed by atoms with Crippen molar-refractivity contribution in [2.45, 2.75) is 13.8 Å². The van der Waals surface area contributed by atoms with Crippen molar-refractivity contribution >= 4 is 28.6 Å². The van der Waals surface area contributed by atoms with Crippen LogP contribution in [-0.4, -0.2) is 23.0 Å². The number of esters is 1. The molecule has 0 fully saturated rings. The molecule has 2 aromatic heterocycles. The molecule has 0 radical (unpaired) electrons. The third kappa shape index (κ3) is 3.29. The van der Waals surface area contributed by atoms with Gasteiger partial charge >= 0.3 is 5.97 Å². The summed E-state index contributed by atoms with van der Waals surface area (Å²) in [5, 5.41) is 0. The number of hydrogen-bond donors (Lipinski definition) is 0. The van der Waals surface area contributed by atoms with Crippen molar-refractivity contribution in [3.05, 3.63) is 44.7 Å². The van der Waals surface area contributed by atoms with Crippen molar-refractivity contribution in [2.75, 3.05) is 7.11 Å². The highest BCUT2D eigenvalue weighted by molar-refractivity contribution is 14.1. The predicted octanol–water partition coefficient (Wildman–Crippen LogP) is 3.42. The number of nitrogens with zero attached hydrogens (tertiary/aromatic N) is 2. The van der Waals surface area contributed by atoms with Crippen LogP contribution < -0.4 is 4.74 Å². The maximum Gasteiger partial charge on any atom is 0.343 e. The molecule has 0 aromatic carbocycles. The normalized spacial score (nSPS) is 10.3. The van der Waals surface area contributed by atoms with Gasteiger partial charge < -0.3 is 9.47 Å². The molecule has 2 heterocycles. The summed E-state index contributed by atoms with van der Waals surface area (Å²) in [7, 11) is 1.29. The molecule has 0 aliphatic carbocycles. The fourth-order valence-corrected chi connectivity index (χ4v) is 2.11. The Kier molecular flexibility index (Phi) is 4.71. The highest BCUT2D eigenvalue weighted by Gasteiger charge is 2.21. The molecule has 5 nitrogen and oxygen atoms in total. The average Bonchev–Trinajstić information content (AvgIpc) is 2.45. The highest BCUT2D eigenvalue weighted by atomic mass is 127. The van der Waals surface area contributed by atoms with E-state index in [1.54, 1.807) is 20.0 Å². The minimum Gasteiger partial charge on any atom is -0.465 e. The monoisotopic (exact) mass is 402 g/mol. The zero-order valence-electron chi connectivity index (χ0n) is 11.6. The van der Waals surface area contributed by atoms with Crippen molar-refractivity contribution in [2.24, 2.45) is 0 Å². The third-order valence-corrected chi connectivity index (χ3v) is 3.93. The second kappa shape index (κ2) is 6.33. The van der Waals surface area contributed by atoms with Crippen LogP contribution in [0.1, 0.15) is 21.6 Å². The van der Waals surface area contributed by atoms with E-state index in [0.717, 1.165) is 3.57 Å². The molecular formula is C14H12FIN2O3. The number of pyridine rings is 2. The van der Waals surface area contributed by atoms with E-state index in [2.05, 4.69) is 32.6 Å². The number of hydrogen-bond acceptors (Lipinski definition) is 5. The van der Waals surface area contributed by atoms with Gasteiger partial charge in [-0.25, -0.2) is 14.8 Å². The Morgan fingerprint density at radius 1 is 1.33 bits per heavy atom. The standard InChI is InChI=1S/C14H12FIN2O3/c1-7-9(16)6-17-13(12(7)14(19)20-3)21-10-4-5-11(15)18-8(10)2/h4-6H,1-3H3. The summed E-state index contributed by atoms with van der Waals surface area (Å²) in [4.78, 5) is 19.7. The van der Waals surface area contributed by atoms with Gasteiger partial charge in [-0.05, 0) is 54.1 Å². The van der Waals surface area contributed by atoms with Crippen LogP contribution in [-0.2, 0) is 4.74 Å². The van der Waals surface area contributed by atoms with Crippen LogP contribution in [0.25, 0.3) is 0 Å². The van der Waals surface area contributed by atoms with Crippen LogP contribution in [0.2, 0.25) is 0 Å². The lowest BCUT2D eigenvalue weighted by Crippen LogP contribution is -2.09. The SMILES string of the molecule is COC(=O)c1c(Oc2ccc(F)nc2C)ncc(I)c1C. The molecule has 0 amide bonds. The van der Waals surface area contributed by atoms with Gasteiger partial charge in [0.25, 0.3) is 0 Å². The van der Waals surface area contributed by atoms with Crippen molar-refractivity contribution in [1.29, 1.82) is 0 Å². The van der Waals surface area contributed by atoms with Crippen LogP contribution in [0.5, 0.6) is 11.6 Å². The Balaban J connectivity index is 2.49. The molecule has 0 saturated heterocycles. The third-order valence-electron chi connectivity index (χ3n) is 2.84. The number of methoxy groups -OCH3 is 1. The molecule has 0 saturated carbocycles. The summed E-state index contributed by atoms with van der Waals surface area (Å²) in [5.74, 6) is -0.702. The lowest BCUT2D eigenvalue weighted by Gasteiger charge is -2.13. The molecule has 0 bridgehead atoms. The van der Waals surface area contributed by atoms with Gasteiger partial charge in [-0.3, -0.25) is 0 Å². The van der Waals surface area contributed by atoms with E-state index in [1.165, 1.54) is 19.2 Å². The number of halogens is 2. The van der Waals surface area contributed by atoms with Gasteiger partial charge in [0.05, 0.1) is 12.8 Å². The minimum absolute atomic E-state index is 0.108. The molecule has 7 heteroatoms. The van der Waals surface area contributed by atoms with Gasteiger partial charge in [-0.1, -0.05) is 0 Å². The molecule has 0 atom stereocenters. The Bertz CT molecular complexity index is 707. The first-order valence-corrected chi connectivity index (χ1v) is 7.06. The largest absolute Gasteiger partial charge is 0.465 e. The van der Waals surface area contributed by atoms with E-state index in [4.69, 9.17) is 9.47 Å². The molecule has 110 valence electrons. The summed E-state index contributed by atoms with van der Waals surface area (Å²) < 4.78 is 24.2. The van der Waals surface area contributed by atoms with Crippen LogP contribution in [0.4, 0.5) is 4.39 Å². The highest BCUT2D eigenvalue weighted by Crippen LogP contribution is 2.29. The van der Waals surface area contributed by atoms with E-state index in [1.807, 2.05) is 0 Å². The van der Waals surface area contributed by atoms with Crippen molar-refractivity contribution in [3.8, 4) is 11.6 Å². The molecule has 0 aliphatic rings. The topological polar surface area (TPSA) is 61.3 Å². The smallest absolute Gasteiger partial charge is 0.343 e. The predicted molar refractivity (Wildman–Crippen MR) is 82.0 cm³/mol. The Morgan fingerprint density at radius 2 is 2.05 bits per heavy atom. The zero-order valence-corrected chi connectivity index (χ0v) is 13.8. The minimum atomic E-state index is -0.597. The fraction of sp³-hybridized carbons (Fsp3) is 0.214. The van der Waals surface area contributed by atoms with E-state index in [-0.39, 0.29) is 11.4 Å². The summed E-state index contributed by atoms with van der Waals surface area (Å²) in [6.07, 6.45) is 1.59. The van der Waals surface area contributed by atoms with E-state index in [9.17, 15) is 9.18 Å². The summed E-state index contributed by atoms with van der Waals surface area (Å²) >= 11 is 2.07. The quantitative estimate of drug-likeness (QED) is 0.448. The summed E-state index contributed by atoms with van der Waals surface area (Å²) in [6.45, 7) is 3.38. The maximum absolute atomic E-state index is 13.0. The molecule has 2 aromatic rings. The zero-order chi connectivity index (χ0) is 15.6. The lowest BCUT2D eigenvalue weighted by molar-refractivity contribution is 0.0596. The number of carbonyl (C=O) groups is 1. The Morgan fingerprint density at radius 3 is 2.67 bits per heavy atom. The van der Waals surface area contributed by atoms with Gasteiger partial charge in [0.1, 0.15) is 5.56 Å². The number of aromatic nitrogens is 2. The maximum atomic E-state index is 13.0. The first-order valence-electron chi connectivity index (χ1n) is 5.98. The number of aryl methyl sites for hydroxylation is 1. The summed E-state index contributed by atoms with van der Waals surface area (Å²) in [5.41, 5.74) is 1.32. The van der Waals surface area contributed by atoms with E-state index >= 15 is 0 Å². The first-order chi connectivity index (χ1) is 9.93. The Hall–Kier alpha value is -1.77. The number of carbonyl (C=O) groups excluding carboxylic acids is 1. The average molecular weight is 402 g/mol. The molecule has 0 unspecified atom stereocenters. The molecule has 0 spiro atoms. The summed E-state index contributed by atoms with van der Waals surface area (Å²) in [6, 6.07) is 2.62.